The molecule has 106 valence electrons. The molecule has 0 saturated carbocycles. The van der Waals surface area contributed by atoms with E-state index in [4.69, 9.17) is 17.0 Å². The molecule has 19 heavy (non-hydrogen) atoms. The molecule has 2 N–H and O–H groups in total. The van der Waals surface area contributed by atoms with Crippen LogP contribution in [0.5, 0.6) is 5.75 Å². The first-order valence-electron chi connectivity index (χ1n) is 6.91. The van der Waals surface area contributed by atoms with Crippen molar-refractivity contribution < 1.29 is 4.74 Å². The van der Waals surface area contributed by atoms with E-state index in [1.807, 2.05) is 18.2 Å². The summed E-state index contributed by atoms with van der Waals surface area (Å²) in [6.45, 7) is 3.88. The maximum Gasteiger partial charge on any atom is 0.166 e. The lowest BCUT2D eigenvalue weighted by atomic mass is 10.2. The van der Waals surface area contributed by atoms with Crippen molar-refractivity contribution in [3.8, 4) is 5.75 Å². The molecule has 1 aromatic rings. The molecule has 1 aromatic carbocycles. The SMILES string of the molecule is CCCCCCNC(=S)NCc1cccc(OC)c1. The highest BCUT2D eigenvalue weighted by Gasteiger charge is 1.98. The van der Waals surface area contributed by atoms with Gasteiger partial charge in [0.05, 0.1) is 7.11 Å². The van der Waals surface area contributed by atoms with Gasteiger partial charge in [-0.1, -0.05) is 38.3 Å². The summed E-state index contributed by atoms with van der Waals surface area (Å²) in [5.41, 5.74) is 1.16. The number of ether oxygens (including phenoxy) is 1. The van der Waals surface area contributed by atoms with Crippen LogP contribution in [0.4, 0.5) is 0 Å². The zero-order valence-corrected chi connectivity index (χ0v) is 12.7. The first kappa shape index (κ1) is 15.8. The van der Waals surface area contributed by atoms with E-state index >= 15 is 0 Å². The molecule has 1 rings (SSSR count). The first-order valence-corrected chi connectivity index (χ1v) is 7.31. The predicted octanol–water partition coefficient (Wildman–Crippen LogP) is 3.24. The minimum absolute atomic E-state index is 0.720. The smallest absolute Gasteiger partial charge is 0.166 e. The van der Waals surface area contributed by atoms with Crippen molar-refractivity contribution in [2.75, 3.05) is 13.7 Å². The number of methoxy groups -OCH3 is 1. The van der Waals surface area contributed by atoms with E-state index in [-0.39, 0.29) is 0 Å². The third-order valence-electron chi connectivity index (χ3n) is 2.90. The Morgan fingerprint density at radius 2 is 2.05 bits per heavy atom. The zero-order valence-electron chi connectivity index (χ0n) is 11.9. The van der Waals surface area contributed by atoms with Gasteiger partial charge in [-0.05, 0) is 36.3 Å². The Morgan fingerprint density at radius 3 is 2.79 bits per heavy atom. The quantitative estimate of drug-likeness (QED) is 0.566. The average Bonchev–Trinajstić information content (AvgIpc) is 2.45. The minimum Gasteiger partial charge on any atom is -0.497 e. The monoisotopic (exact) mass is 280 g/mol. The summed E-state index contributed by atoms with van der Waals surface area (Å²) in [5, 5.41) is 7.16. The van der Waals surface area contributed by atoms with Crippen molar-refractivity contribution in [3.63, 3.8) is 0 Å². The molecule has 0 aromatic heterocycles. The van der Waals surface area contributed by atoms with Gasteiger partial charge in [0.1, 0.15) is 5.75 Å². The highest BCUT2D eigenvalue weighted by atomic mass is 32.1. The summed E-state index contributed by atoms with van der Waals surface area (Å²) >= 11 is 5.24. The highest BCUT2D eigenvalue weighted by Crippen LogP contribution is 2.11. The Balaban J connectivity index is 2.18. The summed E-state index contributed by atoms with van der Waals surface area (Å²) in [6.07, 6.45) is 5.00. The van der Waals surface area contributed by atoms with Gasteiger partial charge in [-0.3, -0.25) is 0 Å². The predicted molar refractivity (Wildman–Crippen MR) is 84.6 cm³/mol. The van der Waals surface area contributed by atoms with Crippen LogP contribution < -0.4 is 15.4 Å². The summed E-state index contributed by atoms with van der Waals surface area (Å²) in [5.74, 6) is 0.873. The molecule has 0 atom stereocenters. The lowest BCUT2D eigenvalue weighted by Crippen LogP contribution is -2.35. The van der Waals surface area contributed by atoms with Crippen LogP contribution >= 0.6 is 12.2 Å². The average molecular weight is 280 g/mol. The van der Waals surface area contributed by atoms with E-state index in [0.29, 0.717) is 0 Å². The van der Waals surface area contributed by atoms with E-state index in [1.165, 1.54) is 25.7 Å². The van der Waals surface area contributed by atoms with Crippen LogP contribution in [0.3, 0.4) is 0 Å². The Hall–Kier alpha value is -1.29. The van der Waals surface area contributed by atoms with Crippen LogP contribution in [0.25, 0.3) is 0 Å². The van der Waals surface area contributed by atoms with E-state index in [9.17, 15) is 0 Å². The van der Waals surface area contributed by atoms with E-state index in [0.717, 1.165) is 29.5 Å². The fourth-order valence-corrected chi connectivity index (χ4v) is 1.96. The fourth-order valence-electron chi connectivity index (χ4n) is 1.78. The largest absolute Gasteiger partial charge is 0.497 e. The van der Waals surface area contributed by atoms with Gasteiger partial charge in [0.2, 0.25) is 0 Å². The van der Waals surface area contributed by atoms with E-state index < -0.39 is 0 Å². The highest BCUT2D eigenvalue weighted by molar-refractivity contribution is 7.80. The lowest BCUT2D eigenvalue weighted by Gasteiger charge is -2.11. The topological polar surface area (TPSA) is 33.3 Å². The van der Waals surface area contributed by atoms with Gasteiger partial charge in [0.15, 0.2) is 5.11 Å². The molecule has 3 nitrogen and oxygen atoms in total. The summed E-state index contributed by atoms with van der Waals surface area (Å²) in [7, 11) is 1.68. The molecule has 0 aliphatic rings. The Morgan fingerprint density at radius 1 is 1.21 bits per heavy atom. The number of nitrogens with one attached hydrogen (secondary N) is 2. The molecular weight excluding hydrogens is 256 g/mol. The van der Waals surface area contributed by atoms with Crippen molar-refractivity contribution in [2.45, 2.75) is 39.2 Å². The van der Waals surface area contributed by atoms with Gasteiger partial charge < -0.3 is 15.4 Å². The minimum atomic E-state index is 0.720. The number of thiocarbonyl (C=S) groups is 1. The third kappa shape index (κ3) is 7.01. The van der Waals surface area contributed by atoms with Crippen LogP contribution in [0.2, 0.25) is 0 Å². The van der Waals surface area contributed by atoms with Crippen molar-refractivity contribution in [1.82, 2.24) is 10.6 Å². The van der Waals surface area contributed by atoms with Crippen molar-refractivity contribution >= 4 is 17.3 Å². The van der Waals surface area contributed by atoms with Gasteiger partial charge in [0, 0.05) is 13.1 Å². The maximum absolute atomic E-state index is 5.24. The third-order valence-corrected chi connectivity index (χ3v) is 3.19. The van der Waals surface area contributed by atoms with Crippen molar-refractivity contribution in [1.29, 1.82) is 0 Å². The summed E-state index contributed by atoms with van der Waals surface area (Å²) in [6, 6.07) is 7.99. The number of hydrogen-bond donors (Lipinski definition) is 2. The van der Waals surface area contributed by atoms with Crippen LogP contribution in [0.1, 0.15) is 38.2 Å². The van der Waals surface area contributed by atoms with Gasteiger partial charge >= 0.3 is 0 Å². The Kier molecular flexibility index (Phi) is 7.98. The molecule has 0 amide bonds. The lowest BCUT2D eigenvalue weighted by molar-refractivity contribution is 0.414. The molecule has 0 unspecified atom stereocenters. The molecule has 0 aliphatic carbocycles. The maximum atomic E-state index is 5.24. The standard InChI is InChI=1S/C15H24N2OS/c1-3-4-5-6-10-16-15(19)17-12-13-8-7-9-14(11-13)18-2/h7-9,11H,3-6,10,12H2,1-2H3,(H2,16,17,19). The molecule has 0 heterocycles. The summed E-state index contributed by atoms with van der Waals surface area (Å²) < 4.78 is 5.19. The number of rotatable bonds is 8. The van der Waals surface area contributed by atoms with Crippen LogP contribution in [0.15, 0.2) is 24.3 Å². The molecule has 0 saturated heterocycles. The van der Waals surface area contributed by atoms with E-state index in [2.05, 4.69) is 23.6 Å². The molecule has 0 bridgehead atoms. The Labute approximate surface area is 121 Å². The molecule has 0 fully saturated rings. The number of hydrogen-bond acceptors (Lipinski definition) is 2. The van der Waals surface area contributed by atoms with Gasteiger partial charge in [0.25, 0.3) is 0 Å². The first-order chi connectivity index (χ1) is 9.26. The van der Waals surface area contributed by atoms with Gasteiger partial charge in [-0.2, -0.15) is 0 Å². The molecule has 4 heteroatoms. The number of unbranched alkanes of at least 4 members (excludes halogenated alkanes) is 3. The molecular formula is C15H24N2OS. The fraction of sp³-hybridized carbons (Fsp3) is 0.533. The molecule has 0 spiro atoms. The van der Waals surface area contributed by atoms with Crippen LogP contribution in [-0.2, 0) is 6.54 Å². The second kappa shape index (κ2) is 9.62. The number of benzene rings is 1. The van der Waals surface area contributed by atoms with E-state index in [1.54, 1.807) is 7.11 Å². The van der Waals surface area contributed by atoms with Crippen molar-refractivity contribution in [3.05, 3.63) is 29.8 Å². The second-order valence-electron chi connectivity index (χ2n) is 4.52. The normalized spacial score (nSPS) is 10.0. The zero-order chi connectivity index (χ0) is 13.9. The molecule has 0 radical (unpaired) electrons. The van der Waals surface area contributed by atoms with Crippen LogP contribution in [-0.4, -0.2) is 18.8 Å². The van der Waals surface area contributed by atoms with Crippen LogP contribution in [0, 0.1) is 0 Å². The van der Waals surface area contributed by atoms with Gasteiger partial charge in [-0.15, -0.1) is 0 Å². The molecule has 0 aliphatic heterocycles. The van der Waals surface area contributed by atoms with Gasteiger partial charge in [-0.25, -0.2) is 0 Å². The van der Waals surface area contributed by atoms with Crippen molar-refractivity contribution in [2.24, 2.45) is 0 Å². The Bertz CT molecular complexity index is 382. The summed E-state index contributed by atoms with van der Waals surface area (Å²) in [4.78, 5) is 0. The second-order valence-corrected chi connectivity index (χ2v) is 4.93.